The third kappa shape index (κ3) is 4.23. The third-order valence-electron chi connectivity index (χ3n) is 1.36. The topological polar surface area (TPSA) is 21.3 Å². The molecular formula is C8H9ClF3NO. The molecule has 80 valence electrons. The zero-order valence-corrected chi connectivity index (χ0v) is 8.08. The number of ether oxygens (including phenoxy) is 1. The molecule has 6 heteroatoms. The van der Waals surface area contributed by atoms with Gasteiger partial charge in [-0.1, -0.05) is 6.07 Å². The number of nitrogens with one attached hydrogen (secondary N) is 1. The molecule has 0 bridgehead atoms. The fourth-order valence-corrected chi connectivity index (χ4v) is 0.849. The molecule has 0 saturated heterocycles. The van der Waals surface area contributed by atoms with Crippen molar-refractivity contribution in [3.8, 4) is 5.75 Å². The van der Waals surface area contributed by atoms with E-state index in [2.05, 4.69) is 10.1 Å². The van der Waals surface area contributed by atoms with Crippen LogP contribution in [0.25, 0.3) is 0 Å². The Morgan fingerprint density at radius 2 is 1.93 bits per heavy atom. The lowest BCUT2D eigenvalue weighted by molar-refractivity contribution is -0.274. The predicted octanol–water partition coefficient (Wildman–Crippen LogP) is 3.05. The van der Waals surface area contributed by atoms with Crippen molar-refractivity contribution in [2.24, 2.45) is 0 Å². The van der Waals surface area contributed by atoms with Gasteiger partial charge in [0.25, 0.3) is 0 Å². The van der Waals surface area contributed by atoms with E-state index in [9.17, 15) is 13.2 Å². The van der Waals surface area contributed by atoms with Gasteiger partial charge in [0.1, 0.15) is 5.75 Å². The van der Waals surface area contributed by atoms with Crippen molar-refractivity contribution in [3.05, 3.63) is 24.3 Å². The molecule has 0 atom stereocenters. The van der Waals surface area contributed by atoms with E-state index in [1.165, 1.54) is 18.2 Å². The molecule has 0 aliphatic carbocycles. The second-order valence-electron chi connectivity index (χ2n) is 2.33. The van der Waals surface area contributed by atoms with Gasteiger partial charge in [-0.25, -0.2) is 0 Å². The summed E-state index contributed by atoms with van der Waals surface area (Å²) in [6, 6.07) is 5.64. The van der Waals surface area contributed by atoms with Crippen molar-refractivity contribution >= 4 is 18.1 Å². The first-order valence-corrected chi connectivity index (χ1v) is 3.55. The van der Waals surface area contributed by atoms with E-state index >= 15 is 0 Å². The summed E-state index contributed by atoms with van der Waals surface area (Å²) >= 11 is 0. The van der Waals surface area contributed by atoms with Crippen LogP contribution >= 0.6 is 12.4 Å². The Morgan fingerprint density at radius 1 is 1.29 bits per heavy atom. The van der Waals surface area contributed by atoms with Crippen LogP contribution in [0.5, 0.6) is 5.75 Å². The number of hydrogen-bond donors (Lipinski definition) is 1. The van der Waals surface area contributed by atoms with Crippen LogP contribution in [0.15, 0.2) is 24.3 Å². The van der Waals surface area contributed by atoms with Crippen LogP contribution in [0.4, 0.5) is 18.9 Å². The molecular weight excluding hydrogens is 219 g/mol. The van der Waals surface area contributed by atoms with E-state index in [0.29, 0.717) is 5.69 Å². The van der Waals surface area contributed by atoms with E-state index in [0.717, 1.165) is 0 Å². The van der Waals surface area contributed by atoms with E-state index in [-0.39, 0.29) is 18.2 Å². The van der Waals surface area contributed by atoms with Crippen molar-refractivity contribution in [2.45, 2.75) is 6.36 Å². The van der Waals surface area contributed by atoms with E-state index in [1.807, 2.05) is 0 Å². The van der Waals surface area contributed by atoms with Crippen molar-refractivity contribution in [2.75, 3.05) is 12.4 Å². The molecule has 2 nitrogen and oxygen atoms in total. The Kier molecular flexibility index (Phi) is 4.56. The van der Waals surface area contributed by atoms with Crippen LogP contribution < -0.4 is 10.1 Å². The number of alkyl halides is 3. The monoisotopic (exact) mass is 227 g/mol. The third-order valence-corrected chi connectivity index (χ3v) is 1.36. The molecule has 0 heterocycles. The van der Waals surface area contributed by atoms with Gasteiger partial charge >= 0.3 is 6.36 Å². The summed E-state index contributed by atoms with van der Waals surface area (Å²) in [4.78, 5) is 0. The molecule has 0 amide bonds. The molecule has 0 aliphatic heterocycles. The SMILES string of the molecule is CNc1cccc(OC(F)(F)F)c1.Cl. The molecule has 0 spiro atoms. The van der Waals surface area contributed by atoms with Crippen LogP contribution in [0.3, 0.4) is 0 Å². The molecule has 0 radical (unpaired) electrons. The van der Waals surface area contributed by atoms with Crippen LogP contribution in [-0.4, -0.2) is 13.4 Å². The highest BCUT2D eigenvalue weighted by atomic mass is 35.5. The van der Waals surface area contributed by atoms with E-state index in [4.69, 9.17) is 0 Å². The highest BCUT2D eigenvalue weighted by Gasteiger charge is 2.30. The Hall–Kier alpha value is -1.10. The van der Waals surface area contributed by atoms with E-state index < -0.39 is 6.36 Å². The highest BCUT2D eigenvalue weighted by Crippen LogP contribution is 2.24. The number of rotatable bonds is 2. The van der Waals surface area contributed by atoms with E-state index in [1.54, 1.807) is 13.1 Å². The molecule has 0 unspecified atom stereocenters. The van der Waals surface area contributed by atoms with Gasteiger partial charge in [0.2, 0.25) is 0 Å². The average molecular weight is 228 g/mol. The summed E-state index contributed by atoms with van der Waals surface area (Å²) in [5.41, 5.74) is 0.571. The molecule has 1 N–H and O–H groups in total. The summed E-state index contributed by atoms with van der Waals surface area (Å²) in [6.45, 7) is 0. The molecule has 1 rings (SSSR count). The zero-order chi connectivity index (χ0) is 9.90. The number of anilines is 1. The maximum absolute atomic E-state index is 11.7. The van der Waals surface area contributed by atoms with Crippen molar-refractivity contribution in [1.29, 1.82) is 0 Å². The lowest BCUT2D eigenvalue weighted by Crippen LogP contribution is -2.17. The number of benzene rings is 1. The Labute approximate surface area is 85.5 Å². The molecule has 0 fully saturated rings. The molecule has 1 aromatic rings. The smallest absolute Gasteiger partial charge is 0.406 e. The van der Waals surface area contributed by atoms with Gasteiger partial charge < -0.3 is 10.1 Å². The summed E-state index contributed by atoms with van der Waals surface area (Å²) < 4.78 is 38.9. The lowest BCUT2D eigenvalue weighted by atomic mass is 10.3. The largest absolute Gasteiger partial charge is 0.573 e. The Bertz CT molecular complexity index is 290. The summed E-state index contributed by atoms with van der Waals surface area (Å²) in [5.74, 6) is -0.223. The Balaban J connectivity index is 0.00000169. The second kappa shape index (κ2) is 4.95. The minimum atomic E-state index is -4.63. The first kappa shape index (κ1) is 12.9. The molecule has 0 aliphatic rings. The van der Waals surface area contributed by atoms with Gasteiger partial charge in [-0.15, -0.1) is 25.6 Å². The van der Waals surface area contributed by atoms with Crippen LogP contribution in [0.2, 0.25) is 0 Å². The molecule has 0 aromatic heterocycles. The quantitative estimate of drug-likeness (QED) is 0.839. The number of hydrogen-bond acceptors (Lipinski definition) is 2. The fourth-order valence-electron chi connectivity index (χ4n) is 0.849. The lowest BCUT2D eigenvalue weighted by Gasteiger charge is -2.09. The molecule has 1 aromatic carbocycles. The first-order chi connectivity index (χ1) is 6.01. The predicted molar refractivity (Wildman–Crippen MR) is 49.9 cm³/mol. The van der Waals surface area contributed by atoms with Gasteiger partial charge in [-0.05, 0) is 12.1 Å². The van der Waals surface area contributed by atoms with Crippen molar-refractivity contribution in [1.82, 2.24) is 0 Å². The summed E-state index contributed by atoms with van der Waals surface area (Å²) in [5, 5.41) is 2.71. The first-order valence-electron chi connectivity index (χ1n) is 3.55. The average Bonchev–Trinajstić information content (AvgIpc) is 2.01. The Morgan fingerprint density at radius 3 is 2.43 bits per heavy atom. The maximum atomic E-state index is 11.7. The fraction of sp³-hybridized carbons (Fsp3) is 0.250. The van der Waals surface area contributed by atoms with Crippen LogP contribution in [-0.2, 0) is 0 Å². The number of halogens is 4. The van der Waals surface area contributed by atoms with Crippen LogP contribution in [0, 0.1) is 0 Å². The standard InChI is InChI=1S/C8H8F3NO.ClH/c1-12-6-3-2-4-7(5-6)13-8(9,10)11;/h2-5,12H,1H3;1H. The summed E-state index contributed by atoms with van der Waals surface area (Å²) in [7, 11) is 1.62. The highest BCUT2D eigenvalue weighted by molar-refractivity contribution is 5.85. The minimum absolute atomic E-state index is 0. The van der Waals surface area contributed by atoms with Gasteiger partial charge in [0.05, 0.1) is 0 Å². The van der Waals surface area contributed by atoms with Crippen molar-refractivity contribution in [3.63, 3.8) is 0 Å². The molecule has 0 saturated carbocycles. The van der Waals surface area contributed by atoms with Gasteiger partial charge in [0, 0.05) is 18.8 Å². The van der Waals surface area contributed by atoms with Gasteiger partial charge in [-0.2, -0.15) is 0 Å². The second-order valence-corrected chi connectivity index (χ2v) is 2.33. The van der Waals surface area contributed by atoms with Gasteiger partial charge in [0.15, 0.2) is 0 Å². The minimum Gasteiger partial charge on any atom is -0.406 e. The zero-order valence-electron chi connectivity index (χ0n) is 7.26. The molecule has 14 heavy (non-hydrogen) atoms. The van der Waals surface area contributed by atoms with Crippen LogP contribution in [0.1, 0.15) is 0 Å². The normalized spacial score (nSPS) is 10.3. The maximum Gasteiger partial charge on any atom is 0.573 e. The van der Waals surface area contributed by atoms with Crippen molar-refractivity contribution < 1.29 is 17.9 Å². The summed E-state index contributed by atoms with van der Waals surface area (Å²) in [6.07, 6.45) is -4.63. The van der Waals surface area contributed by atoms with Gasteiger partial charge in [-0.3, -0.25) is 0 Å².